The van der Waals surface area contributed by atoms with Gasteiger partial charge in [-0.05, 0) is 77.9 Å². The van der Waals surface area contributed by atoms with Gasteiger partial charge in [-0.15, -0.1) is 0 Å². The third-order valence-electron chi connectivity index (χ3n) is 6.73. The molecule has 0 fully saturated rings. The number of carboxylic acids is 1. The van der Waals surface area contributed by atoms with Gasteiger partial charge in [0, 0.05) is 18.5 Å². The summed E-state index contributed by atoms with van der Waals surface area (Å²) < 4.78 is 5.63. The molecule has 1 heterocycles. The smallest absolute Gasteiger partial charge is 0.326 e. The number of phenols is 1. The normalized spacial score (nSPS) is 15.9. The summed E-state index contributed by atoms with van der Waals surface area (Å²) in [7, 11) is 1.60. The number of rotatable bonds is 6. The van der Waals surface area contributed by atoms with Crippen molar-refractivity contribution in [3.8, 4) is 22.6 Å². The minimum Gasteiger partial charge on any atom is -0.508 e. The molecule has 0 saturated carbocycles. The Morgan fingerprint density at radius 3 is 2.34 bits per heavy atom. The molecule has 1 aliphatic heterocycles. The number of carboxylic acid groups (broad SMARTS) is 1. The molecule has 1 amide bonds. The Hall–Kier alpha value is -3.84. The third-order valence-corrected chi connectivity index (χ3v) is 6.73. The number of amides is 1. The quantitative estimate of drug-likeness (QED) is 0.503. The fourth-order valence-electron chi connectivity index (χ4n) is 4.89. The largest absolute Gasteiger partial charge is 0.508 e. The first kappa shape index (κ1) is 24.3. The van der Waals surface area contributed by atoms with Gasteiger partial charge in [0.1, 0.15) is 17.5 Å². The zero-order valence-corrected chi connectivity index (χ0v) is 20.1. The fraction of sp³-hybridized carbons (Fsp3) is 0.286. The topological polar surface area (TPSA) is 113 Å². The van der Waals surface area contributed by atoms with E-state index in [2.05, 4.69) is 0 Å². The summed E-state index contributed by atoms with van der Waals surface area (Å²) in [5.74, 6) is -0.659. The van der Waals surface area contributed by atoms with E-state index in [4.69, 9.17) is 10.5 Å². The highest BCUT2D eigenvalue weighted by Crippen LogP contribution is 2.36. The number of aromatic hydroxyl groups is 1. The van der Waals surface area contributed by atoms with Gasteiger partial charge in [-0.2, -0.15) is 0 Å². The van der Waals surface area contributed by atoms with Crippen molar-refractivity contribution in [3.63, 3.8) is 0 Å². The maximum absolute atomic E-state index is 13.4. The van der Waals surface area contributed by atoms with Crippen LogP contribution in [0.2, 0.25) is 0 Å². The van der Waals surface area contributed by atoms with Crippen LogP contribution in [-0.2, 0) is 29.0 Å². The first-order valence-electron chi connectivity index (χ1n) is 11.5. The van der Waals surface area contributed by atoms with Crippen molar-refractivity contribution < 1.29 is 24.5 Å². The van der Waals surface area contributed by atoms with Gasteiger partial charge >= 0.3 is 5.97 Å². The number of nitrogens with zero attached hydrogens (tertiary/aromatic N) is 1. The highest BCUT2D eigenvalue weighted by atomic mass is 16.5. The van der Waals surface area contributed by atoms with Crippen molar-refractivity contribution in [2.24, 2.45) is 5.73 Å². The molecule has 182 valence electrons. The molecule has 35 heavy (non-hydrogen) atoms. The van der Waals surface area contributed by atoms with Gasteiger partial charge in [-0.3, -0.25) is 4.79 Å². The highest BCUT2D eigenvalue weighted by Gasteiger charge is 2.37. The van der Waals surface area contributed by atoms with Gasteiger partial charge in [0.2, 0.25) is 5.91 Å². The fourth-order valence-corrected chi connectivity index (χ4v) is 4.89. The Bertz CT molecular complexity index is 1250. The summed E-state index contributed by atoms with van der Waals surface area (Å²) >= 11 is 0. The molecule has 1 unspecified atom stereocenters. The summed E-state index contributed by atoms with van der Waals surface area (Å²) in [6.45, 7) is 3.85. The van der Waals surface area contributed by atoms with Crippen LogP contribution in [0.5, 0.6) is 11.5 Å². The average Bonchev–Trinajstić information content (AvgIpc) is 2.84. The van der Waals surface area contributed by atoms with Crippen LogP contribution in [0.25, 0.3) is 11.1 Å². The number of hydrogen-bond acceptors (Lipinski definition) is 5. The van der Waals surface area contributed by atoms with E-state index >= 15 is 0 Å². The summed E-state index contributed by atoms with van der Waals surface area (Å²) in [6.07, 6.45) is 0.437. The minimum atomic E-state index is -1.06. The van der Waals surface area contributed by atoms with Gasteiger partial charge in [0.05, 0.1) is 13.2 Å². The van der Waals surface area contributed by atoms with Crippen LogP contribution in [0, 0.1) is 13.8 Å². The molecule has 3 aromatic carbocycles. The lowest BCUT2D eigenvalue weighted by atomic mass is 9.89. The zero-order valence-electron chi connectivity index (χ0n) is 20.1. The molecule has 4 rings (SSSR count). The van der Waals surface area contributed by atoms with E-state index < -0.39 is 24.0 Å². The molecule has 7 heteroatoms. The second-order valence-electron chi connectivity index (χ2n) is 9.08. The lowest BCUT2D eigenvalue weighted by Crippen LogP contribution is -2.54. The molecule has 7 nitrogen and oxygen atoms in total. The zero-order chi connectivity index (χ0) is 25.3. The van der Waals surface area contributed by atoms with Crippen molar-refractivity contribution in [1.29, 1.82) is 0 Å². The number of aliphatic carboxylic acids is 1. The van der Waals surface area contributed by atoms with E-state index in [9.17, 15) is 19.8 Å². The van der Waals surface area contributed by atoms with E-state index in [1.165, 1.54) is 4.90 Å². The van der Waals surface area contributed by atoms with Crippen molar-refractivity contribution in [3.05, 3.63) is 82.4 Å². The van der Waals surface area contributed by atoms with E-state index in [1.807, 2.05) is 56.3 Å². The molecule has 0 aromatic heterocycles. The van der Waals surface area contributed by atoms with Gasteiger partial charge < -0.3 is 25.6 Å². The molecule has 4 N–H and O–H groups in total. The van der Waals surface area contributed by atoms with Crippen LogP contribution in [0.1, 0.15) is 27.8 Å². The Balaban J connectivity index is 1.65. The number of nitrogens with two attached hydrogens (primary N) is 1. The van der Waals surface area contributed by atoms with Crippen LogP contribution in [0.4, 0.5) is 0 Å². The van der Waals surface area contributed by atoms with Gasteiger partial charge in [-0.25, -0.2) is 4.79 Å². The number of phenolic OH excluding ortho intramolecular Hbond substituents is 1. The molecule has 2 atom stereocenters. The van der Waals surface area contributed by atoms with E-state index in [1.54, 1.807) is 19.2 Å². The van der Waals surface area contributed by atoms with Crippen molar-refractivity contribution in [2.45, 2.75) is 45.3 Å². The summed E-state index contributed by atoms with van der Waals surface area (Å²) in [5.41, 5.74) is 12.4. The van der Waals surface area contributed by atoms with E-state index in [0.29, 0.717) is 5.75 Å². The average molecular weight is 475 g/mol. The number of benzene rings is 3. The predicted molar refractivity (Wildman–Crippen MR) is 133 cm³/mol. The molecular formula is C28H30N2O5. The van der Waals surface area contributed by atoms with Gasteiger partial charge in [-0.1, -0.05) is 30.3 Å². The maximum atomic E-state index is 13.4. The lowest BCUT2D eigenvalue weighted by molar-refractivity contribution is -0.152. The van der Waals surface area contributed by atoms with Crippen LogP contribution >= 0.6 is 0 Å². The van der Waals surface area contributed by atoms with Crippen LogP contribution in [-0.4, -0.2) is 46.2 Å². The molecule has 0 aliphatic carbocycles. The number of methoxy groups -OCH3 is 1. The van der Waals surface area contributed by atoms with Crippen molar-refractivity contribution in [2.75, 3.05) is 7.11 Å². The molecule has 3 aromatic rings. The van der Waals surface area contributed by atoms with Crippen LogP contribution < -0.4 is 10.5 Å². The lowest BCUT2D eigenvalue weighted by Gasteiger charge is -2.36. The molecule has 0 spiro atoms. The monoisotopic (exact) mass is 474 g/mol. The van der Waals surface area contributed by atoms with Gasteiger partial charge in [0.25, 0.3) is 0 Å². The Morgan fingerprint density at radius 2 is 1.74 bits per heavy atom. The number of carbonyl (C=O) groups is 2. The Labute approximate surface area is 204 Å². The van der Waals surface area contributed by atoms with Crippen molar-refractivity contribution in [1.82, 2.24) is 4.90 Å². The molecule has 0 bridgehead atoms. The van der Waals surface area contributed by atoms with Crippen LogP contribution in [0.15, 0.2) is 54.6 Å². The van der Waals surface area contributed by atoms with Crippen LogP contribution in [0.3, 0.4) is 0 Å². The highest BCUT2D eigenvalue weighted by molar-refractivity contribution is 5.88. The SMILES string of the molecule is COc1cc2c(cc1-c1ccccc1)C[C@@H](C(=O)O)N(C(=O)C(N)Cc1c(C)cc(O)cc1C)C2. The van der Waals surface area contributed by atoms with E-state index in [0.717, 1.165) is 38.9 Å². The number of ether oxygens (including phenoxy) is 1. The standard InChI is InChI=1S/C28H30N2O5/c1-16-9-21(31)10-17(2)22(16)14-24(29)27(32)30-15-20-13-26(35-3)23(18-7-5-4-6-8-18)11-19(20)12-25(30)28(33)34/h4-11,13,24-25,31H,12,14-15,29H2,1-3H3,(H,33,34)/t24?,25-/m0/s1. The van der Waals surface area contributed by atoms with Gasteiger partial charge in [0.15, 0.2) is 0 Å². The molecule has 0 saturated heterocycles. The maximum Gasteiger partial charge on any atom is 0.326 e. The summed E-state index contributed by atoms with van der Waals surface area (Å²) in [4.78, 5) is 27.0. The first-order valence-corrected chi connectivity index (χ1v) is 11.5. The van der Waals surface area contributed by atoms with E-state index in [-0.39, 0.29) is 25.1 Å². The number of aryl methyl sites for hydroxylation is 2. The summed E-state index contributed by atoms with van der Waals surface area (Å²) in [6, 6.07) is 14.9. The molecule has 0 radical (unpaired) electrons. The summed E-state index contributed by atoms with van der Waals surface area (Å²) in [5, 5.41) is 19.8. The Morgan fingerprint density at radius 1 is 1.09 bits per heavy atom. The number of fused-ring (bicyclic) bond motifs is 1. The molecular weight excluding hydrogens is 444 g/mol. The first-order chi connectivity index (χ1) is 16.7. The second-order valence-corrected chi connectivity index (χ2v) is 9.08. The third kappa shape index (κ3) is 4.86. The number of carbonyl (C=O) groups excluding carboxylic acids is 1. The predicted octanol–water partition coefficient (Wildman–Crippen LogP) is 3.59. The minimum absolute atomic E-state index is 0.137. The molecule has 1 aliphatic rings. The second kappa shape index (κ2) is 9.80. The Kier molecular flexibility index (Phi) is 6.80. The van der Waals surface area contributed by atoms with Crippen molar-refractivity contribution >= 4 is 11.9 Å². The number of hydrogen-bond donors (Lipinski definition) is 3.